The summed E-state index contributed by atoms with van der Waals surface area (Å²) in [6.07, 6.45) is 0. The van der Waals surface area contributed by atoms with Crippen molar-refractivity contribution >= 4 is 0 Å². The van der Waals surface area contributed by atoms with Gasteiger partial charge in [0.25, 0.3) is 0 Å². The topological polar surface area (TPSA) is 27.0 Å². The van der Waals surface area contributed by atoms with E-state index in [1.165, 1.54) is 22.3 Å². The molecule has 2 unspecified atom stereocenters. The van der Waals surface area contributed by atoms with E-state index >= 15 is 0 Å². The Morgan fingerprint density at radius 1 is 1.05 bits per heavy atom. The van der Waals surface area contributed by atoms with Gasteiger partial charge in [0.1, 0.15) is 0 Å². The van der Waals surface area contributed by atoms with Crippen molar-refractivity contribution in [2.45, 2.75) is 40.7 Å². The van der Waals surface area contributed by atoms with Crippen LogP contribution in [0, 0.1) is 43.9 Å². The normalized spacial score (nSPS) is 14.5. The molecule has 0 heterocycles. The minimum absolute atomic E-state index is 0.00936. The lowest BCUT2D eigenvalue weighted by atomic mass is 9.81. The van der Waals surface area contributed by atoms with Crippen molar-refractivity contribution in [3.63, 3.8) is 0 Å². The Bertz CT molecular complexity index is 458. The Balaban J connectivity index is 3.40. The summed E-state index contributed by atoms with van der Waals surface area (Å²) in [6.45, 7) is 10.7. The van der Waals surface area contributed by atoms with Gasteiger partial charge in [0.15, 0.2) is 0 Å². The van der Waals surface area contributed by atoms with Crippen molar-refractivity contribution in [3.05, 3.63) is 34.4 Å². The van der Waals surface area contributed by atoms with Gasteiger partial charge >= 0.3 is 0 Å². The summed E-state index contributed by atoms with van der Waals surface area (Å²) in [6, 6.07) is 7.10. The summed E-state index contributed by atoms with van der Waals surface area (Å²) in [4.78, 5) is 2.18. The van der Waals surface area contributed by atoms with E-state index in [2.05, 4.69) is 71.8 Å². The third-order valence-corrected chi connectivity index (χ3v) is 3.80. The molecule has 2 nitrogen and oxygen atoms in total. The van der Waals surface area contributed by atoms with Crippen LogP contribution in [0.3, 0.4) is 0 Å². The maximum absolute atomic E-state index is 9.54. The number of benzene rings is 1. The molecule has 0 spiro atoms. The van der Waals surface area contributed by atoms with Gasteiger partial charge in [-0.15, -0.1) is 0 Å². The molecule has 1 aromatic carbocycles. The largest absolute Gasteiger partial charge is 0.301 e. The molecule has 0 fully saturated rings. The van der Waals surface area contributed by atoms with Gasteiger partial charge in [0.05, 0.1) is 18.0 Å². The monoisotopic (exact) mass is 258 g/mol. The second-order valence-corrected chi connectivity index (χ2v) is 6.12. The van der Waals surface area contributed by atoms with E-state index in [9.17, 15) is 5.26 Å². The van der Waals surface area contributed by atoms with Crippen LogP contribution in [-0.4, -0.2) is 19.0 Å². The van der Waals surface area contributed by atoms with Crippen LogP contribution in [-0.2, 0) is 0 Å². The van der Waals surface area contributed by atoms with Crippen LogP contribution < -0.4 is 0 Å². The van der Waals surface area contributed by atoms with Gasteiger partial charge < -0.3 is 4.90 Å². The first-order chi connectivity index (χ1) is 8.79. The third kappa shape index (κ3) is 3.36. The van der Waals surface area contributed by atoms with Crippen molar-refractivity contribution < 1.29 is 0 Å². The number of rotatable bonds is 4. The minimum Gasteiger partial charge on any atom is -0.301 e. The predicted octanol–water partition coefficient (Wildman–Crippen LogP) is 4.01. The molecule has 0 saturated carbocycles. The molecule has 0 aromatic heterocycles. The molecular formula is C17H26N2. The molecule has 0 radical (unpaired) electrons. The second kappa shape index (κ2) is 6.21. The zero-order chi connectivity index (χ0) is 14.7. The van der Waals surface area contributed by atoms with Crippen LogP contribution >= 0.6 is 0 Å². The standard InChI is InChI=1S/C17H26N2/c1-11(2)15(10-18)17(19(6)7)16-13(4)8-12(3)9-14(16)5/h8-9,11,15,17H,1-7H3. The Morgan fingerprint density at radius 2 is 1.53 bits per heavy atom. The SMILES string of the molecule is Cc1cc(C)c(C(C(C#N)C(C)C)N(C)C)c(C)c1. The van der Waals surface area contributed by atoms with E-state index in [0.717, 1.165) is 0 Å². The molecule has 0 aliphatic rings. The summed E-state index contributed by atoms with van der Waals surface area (Å²) in [7, 11) is 4.13. The molecule has 2 atom stereocenters. The first-order valence-corrected chi connectivity index (χ1v) is 6.93. The van der Waals surface area contributed by atoms with Gasteiger partial charge in [0.2, 0.25) is 0 Å². The van der Waals surface area contributed by atoms with E-state index in [4.69, 9.17) is 0 Å². The molecule has 0 amide bonds. The van der Waals surface area contributed by atoms with Gasteiger partial charge in [-0.2, -0.15) is 5.26 Å². The molecule has 1 rings (SSSR count). The highest BCUT2D eigenvalue weighted by molar-refractivity contribution is 5.40. The van der Waals surface area contributed by atoms with Crippen molar-refractivity contribution in [1.82, 2.24) is 4.90 Å². The maximum atomic E-state index is 9.54. The van der Waals surface area contributed by atoms with Gasteiger partial charge in [-0.05, 0) is 57.5 Å². The van der Waals surface area contributed by atoms with Crippen LogP contribution in [0.15, 0.2) is 12.1 Å². The highest BCUT2D eigenvalue weighted by Gasteiger charge is 2.30. The Labute approximate surface area is 118 Å². The molecule has 0 bridgehead atoms. The van der Waals surface area contributed by atoms with Crippen LogP contribution in [0.25, 0.3) is 0 Å². The molecule has 19 heavy (non-hydrogen) atoms. The summed E-state index contributed by atoms with van der Waals surface area (Å²) >= 11 is 0. The van der Waals surface area contributed by atoms with Crippen LogP contribution in [0.4, 0.5) is 0 Å². The van der Waals surface area contributed by atoms with Crippen molar-refractivity contribution in [2.75, 3.05) is 14.1 Å². The van der Waals surface area contributed by atoms with Crippen LogP contribution in [0.1, 0.15) is 42.1 Å². The van der Waals surface area contributed by atoms with E-state index in [0.29, 0.717) is 5.92 Å². The number of hydrogen-bond acceptors (Lipinski definition) is 2. The van der Waals surface area contributed by atoms with Gasteiger partial charge in [0, 0.05) is 0 Å². The zero-order valence-corrected chi connectivity index (χ0v) is 13.3. The smallest absolute Gasteiger partial charge is 0.0683 e. The quantitative estimate of drug-likeness (QED) is 0.816. The predicted molar refractivity (Wildman–Crippen MR) is 81.0 cm³/mol. The van der Waals surface area contributed by atoms with Crippen LogP contribution in [0.5, 0.6) is 0 Å². The lowest BCUT2D eigenvalue weighted by Crippen LogP contribution is -2.31. The average Bonchev–Trinajstić information content (AvgIpc) is 2.25. The first kappa shape index (κ1) is 15.7. The first-order valence-electron chi connectivity index (χ1n) is 6.93. The van der Waals surface area contributed by atoms with Gasteiger partial charge in [-0.3, -0.25) is 0 Å². The molecule has 2 heteroatoms. The number of nitriles is 1. The van der Waals surface area contributed by atoms with Crippen molar-refractivity contribution in [1.29, 1.82) is 5.26 Å². The Kier molecular flexibility index (Phi) is 5.14. The molecule has 0 N–H and O–H groups in total. The molecular weight excluding hydrogens is 232 g/mol. The molecule has 0 aliphatic carbocycles. The fourth-order valence-electron chi connectivity index (χ4n) is 3.00. The fraction of sp³-hybridized carbons (Fsp3) is 0.588. The van der Waals surface area contributed by atoms with E-state index in [1.807, 2.05) is 0 Å². The van der Waals surface area contributed by atoms with Gasteiger partial charge in [-0.1, -0.05) is 31.5 Å². The number of aryl methyl sites for hydroxylation is 3. The molecule has 1 aromatic rings. The molecule has 0 saturated heterocycles. The highest BCUT2D eigenvalue weighted by Crippen LogP contribution is 2.35. The Hall–Kier alpha value is -1.33. The minimum atomic E-state index is 0.00936. The second-order valence-electron chi connectivity index (χ2n) is 6.12. The highest BCUT2D eigenvalue weighted by atomic mass is 15.1. The summed E-state index contributed by atoms with van der Waals surface area (Å²) in [5.74, 6) is 0.354. The van der Waals surface area contributed by atoms with Crippen molar-refractivity contribution in [2.24, 2.45) is 11.8 Å². The molecule has 104 valence electrons. The van der Waals surface area contributed by atoms with Crippen molar-refractivity contribution in [3.8, 4) is 6.07 Å². The zero-order valence-electron chi connectivity index (χ0n) is 13.3. The number of hydrogen-bond donors (Lipinski definition) is 0. The maximum Gasteiger partial charge on any atom is 0.0683 e. The van der Waals surface area contributed by atoms with Crippen LogP contribution in [0.2, 0.25) is 0 Å². The lowest BCUT2D eigenvalue weighted by Gasteiger charge is -2.33. The van der Waals surface area contributed by atoms with Gasteiger partial charge in [-0.25, -0.2) is 0 Å². The average molecular weight is 258 g/mol. The van der Waals surface area contributed by atoms with E-state index in [1.54, 1.807) is 0 Å². The summed E-state index contributed by atoms with van der Waals surface area (Å²) in [5.41, 5.74) is 5.18. The third-order valence-electron chi connectivity index (χ3n) is 3.80. The molecule has 0 aliphatic heterocycles. The van der Waals surface area contributed by atoms with E-state index < -0.39 is 0 Å². The summed E-state index contributed by atoms with van der Waals surface area (Å²) < 4.78 is 0. The number of nitrogens with zero attached hydrogens (tertiary/aromatic N) is 2. The van der Waals surface area contributed by atoms with E-state index in [-0.39, 0.29) is 12.0 Å². The lowest BCUT2D eigenvalue weighted by molar-refractivity contribution is 0.208. The Morgan fingerprint density at radius 3 is 1.84 bits per heavy atom. The summed E-state index contributed by atoms with van der Waals surface area (Å²) in [5, 5.41) is 9.54. The fourth-order valence-corrected chi connectivity index (χ4v) is 3.00.